The van der Waals surface area contributed by atoms with Gasteiger partial charge in [0.15, 0.2) is 11.6 Å². The fourth-order valence-corrected chi connectivity index (χ4v) is 1.53. The van der Waals surface area contributed by atoms with E-state index < -0.39 is 11.6 Å². The Morgan fingerprint density at radius 2 is 2.21 bits per heavy atom. The van der Waals surface area contributed by atoms with E-state index in [-0.39, 0.29) is 5.69 Å². The molecule has 0 amide bonds. The Labute approximate surface area is 108 Å². The molecular weight excluding hydrogens is 256 g/mol. The molecule has 0 fully saturated rings. The highest BCUT2D eigenvalue weighted by molar-refractivity contribution is 5.33. The minimum absolute atomic E-state index is 0.106. The van der Waals surface area contributed by atoms with Crippen molar-refractivity contribution in [3.63, 3.8) is 0 Å². The van der Waals surface area contributed by atoms with Gasteiger partial charge in [0.1, 0.15) is 11.5 Å². The average molecular weight is 269 g/mol. The Hall–Kier alpha value is -1.93. The number of halogens is 2. The lowest BCUT2D eigenvalue weighted by Crippen LogP contribution is -2.21. The third-order valence-electron chi connectivity index (χ3n) is 2.44. The third-order valence-corrected chi connectivity index (χ3v) is 2.44. The molecule has 19 heavy (non-hydrogen) atoms. The highest BCUT2D eigenvalue weighted by atomic mass is 19.1. The Morgan fingerprint density at radius 1 is 1.37 bits per heavy atom. The van der Waals surface area contributed by atoms with Gasteiger partial charge in [-0.25, -0.2) is 8.78 Å². The Balaban J connectivity index is 2.14. The first-order valence-electron chi connectivity index (χ1n) is 5.64. The summed E-state index contributed by atoms with van der Waals surface area (Å²) in [5.41, 5.74) is 0.106. The molecule has 2 aromatic rings. The molecule has 6 nitrogen and oxygen atoms in total. The molecule has 1 heterocycles. The van der Waals surface area contributed by atoms with Crippen molar-refractivity contribution in [3.8, 4) is 5.69 Å². The number of nitrogens with one attached hydrogen (secondary N) is 1. The van der Waals surface area contributed by atoms with Crippen LogP contribution in [0.2, 0.25) is 0 Å². The molecule has 0 aliphatic carbocycles. The zero-order valence-electron chi connectivity index (χ0n) is 10.3. The number of hydrogen-bond acceptors (Lipinski definition) is 5. The first kappa shape index (κ1) is 13.5. The highest BCUT2D eigenvalue weighted by Crippen LogP contribution is 2.14. The number of methoxy groups -OCH3 is 1. The van der Waals surface area contributed by atoms with Crippen LogP contribution in [0.1, 0.15) is 5.82 Å². The molecule has 0 saturated heterocycles. The number of nitrogens with zero attached hydrogens (tertiary/aromatic N) is 4. The van der Waals surface area contributed by atoms with Crippen molar-refractivity contribution < 1.29 is 13.5 Å². The van der Waals surface area contributed by atoms with E-state index >= 15 is 0 Å². The van der Waals surface area contributed by atoms with Gasteiger partial charge in [0, 0.05) is 19.7 Å². The molecule has 102 valence electrons. The van der Waals surface area contributed by atoms with E-state index in [1.165, 1.54) is 10.7 Å². The number of tetrazole rings is 1. The summed E-state index contributed by atoms with van der Waals surface area (Å²) in [6.45, 7) is 1.52. The summed E-state index contributed by atoms with van der Waals surface area (Å²) in [5, 5.41) is 14.0. The van der Waals surface area contributed by atoms with Crippen LogP contribution in [-0.4, -0.2) is 40.5 Å². The van der Waals surface area contributed by atoms with Gasteiger partial charge in [0.2, 0.25) is 0 Å². The van der Waals surface area contributed by atoms with Crippen molar-refractivity contribution in [2.75, 3.05) is 20.3 Å². The van der Waals surface area contributed by atoms with Crippen LogP contribution in [0.4, 0.5) is 8.78 Å². The zero-order chi connectivity index (χ0) is 13.7. The van der Waals surface area contributed by atoms with E-state index in [9.17, 15) is 8.78 Å². The van der Waals surface area contributed by atoms with Crippen molar-refractivity contribution in [1.29, 1.82) is 0 Å². The smallest absolute Gasteiger partial charge is 0.170 e. The summed E-state index contributed by atoms with van der Waals surface area (Å²) >= 11 is 0. The van der Waals surface area contributed by atoms with E-state index in [1.807, 2.05) is 0 Å². The number of benzene rings is 1. The van der Waals surface area contributed by atoms with Gasteiger partial charge in [0.25, 0.3) is 0 Å². The molecule has 0 aliphatic rings. The molecule has 1 aromatic carbocycles. The van der Waals surface area contributed by atoms with E-state index in [2.05, 4.69) is 20.8 Å². The van der Waals surface area contributed by atoms with Crippen molar-refractivity contribution in [1.82, 2.24) is 25.5 Å². The maximum Gasteiger partial charge on any atom is 0.170 e. The number of rotatable bonds is 6. The molecule has 0 saturated carbocycles. The van der Waals surface area contributed by atoms with Crippen LogP contribution in [0.25, 0.3) is 5.69 Å². The largest absolute Gasteiger partial charge is 0.383 e. The van der Waals surface area contributed by atoms with Gasteiger partial charge < -0.3 is 10.1 Å². The summed E-state index contributed by atoms with van der Waals surface area (Å²) in [6, 6.07) is 3.24. The molecule has 0 bridgehead atoms. The van der Waals surface area contributed by atoms with Crippen LogP contribution in [0.3, 0.4) is 0 Å². The number of hydrogen-bond donors (Lipinski definition) is 1. The van der Waals surface area contributed by atoms with Gasteiger partial charge in [-0.15, -0.1) is 5.10 Å². The topological polar surface area (TPSA) is 64.9 Å². The average Bonchev–Trinajstić information content (AvgIpc) is 2.83. The molecule has 8 heteroatoms. The monoisotopic (exact) mass is 269 g/mol. The van der Waals surface area contributed by atoms with Crippen LogP contribution in [-0.2, 0) is 11.3 Å². The Bertz CT molecular complexity index is 546. The molecule has 0 unspecified atom stereocenters. The second-order valence-corrected chi connectivity index (χ2v) is 3.77. The number of ether oxygens (including phenoxy) is 1. The van der Waals surface area contributed by atoms with Crippen molar-refractivity contribution >= 4 is 0 Å². The van der Waals surface area contributed by atoms with Gasteiger partial charge >= 0.3 is 0 Å². The molecule has 0 radical (unpaired) electrons. The first-order chi connectivity index (χ1) is 9.22. The second kappa shape index (κ2) is 6.30. The predicted molar refractivity (Wildman–Crippen MR) is 62.7 cm³/mol. The van der Waals surface area contributed by atoms with Crippen LogP contribution in [0.15, 0.2) is 18.2 Å². The normalized spacial score (nSPS) is 10.9. The van der Waals surface area contributed by atoms with Crippen LogP contribution < -0.4 is 5.32 Å². The second-order valence-electron chi connectivity index (χ2n) is 3.77. The summed E-state index contributed by atoms with van der Waals surface area (Å²) in [4.78, 5) is 0. The van der Waals surface area contributed by atoms with E-state index in [0.717, 1.165) is 12.1 Å². The maximum atomic E-state index is 13.6. The lowest BCUT2D eigenvalue weighted by molar-refractivity contribution is 0.199. The Morgan fingerprint density at radius 3 is 2.95 bits per heavy atom. The molecule has 2 rings (SSSR count). The molecule has 0 spiro atoms. The lowest BCUT2D eigenvalue weighted by Gasteiger charge is -2.06. The van der Waals surface area contributed by atoms with Gasteiger partial charge in [0.05, 0.1) is 13.2 Å². The minimum Gasteiger partial charge on any atom is -0.383 e. The summed E-state index contributed by atoms with van der Waals surface area (Å²) in [7, 11) is 1.60. The molecule has 0 atom stereocenters. The van der Waals surface area contributed by atoms with Crippen molar-refractivity contribution in [2.24, 2.45) is 0 Å². The molecule has 1 aromatic heterocycles. The molecule has 1 N–H and O–H groups in total. The lowest BCUT2D eigenvalue weighted by atomic mass is 10.3. The van der Waals surface area contributed by atoms with Crippen LogP contribution in [0, 0.1) is 11.6 Å². The summed E-state index contributed by atoms with van der Waals surface area (Å²) < 4.78 is 32.6. The van der Waals surface area contributed by atoms with Crippen LogP contribution in [0.5, 0.6) is 0 Å². The third kappa shape index (κ3) is 3.30. The summed E-state index contributed by atoms with van der Waals surface area (Å²) in [5.74, 6) is -0.929. The van der Waals surface area contributed by atoms with E-state index in [0.29, 0.717) is 25.5 Å². The van der Waals surface area contributed by atoms with E-state index in [1.54, 1.807) is 7.11 Å². The highest BCUT2D eigenvalue weighted by Gasteiger charge is 2.12. The van der Waals surface area contributed by atoms with Gasteiger partial charge in [-0.2, -0.15) is 4.68 Å². The zero-order valence-corrected chi connectivity index (χ0v) is 10.3. The van der Waals surface area contributed by atoms with E-state index in [4.69, 9.17) is 4.74 Å². The summed E-state index contributed by atoms with van der Waals surface area (Å²) in [6.07, 6.45) is 0. The fraction of sp³-hybridized carbons (Fsp3) is 0.364. The minimum atomic E-state index is -0.717. The SMILES string of the molecule is COCCNCc1nnnn1-c1ccc(F)cc1F. The van der Waals surface area contributed by atoms with Crippen molar-refractivity contribution in [2.45, 2.75) is 6.54 Å². The quantitative estimate of drug-likeness (QED) is 0.781. The number of aromatic nitrogens is 4. The fourth-order valence-electron chi connectivity index (χ4n) is 1.53. The Kier molecular flexibility index (Phi) is 4.48. The predicted octanol–water partition coefficient (Wildman–Crippen LogP) is 0.676. The first-order valence-corrected chi connectivity index (χ1v) is 5.64. The van der Waals surface area contributed by atoms with Crippen LogP contribution >= 0.6 is 0 Å². The molecular formula is C11H13F2N5O. The van der Waals surface area contributed by atoms with Crippen molar-refractivity contribution in [3.05, 3.63) is 35.7 Å². The maximum absolute atomic E-state index is 13.6. The standard InChI is InChI=1S/C11H13F2N5O/c1-19-5-4-14-7-11-15-16-17-18(11)10-3-2-8(12)6-9(10)13/h2-3,6,14H,4-5,7H2,1H3. The molecule has 0 aliphatic heterocycles. The van der Waals surface area contributed by atoms with Gasteiger partial charge in [-0.05, 0) is 22.6 Å². The van der Waals surface area contributed by atoms with Gasteiger partial charge in [-0.1, -0.05) is 0 Å². The van der Waals surface area contributed by atoms with Gasteiger partial charge in [-0.3, -0.25) is 0 Å².